The normalized spacial score (nSPS) is 10.9. The van der Waals surface area contributed by atoms with Gasteiger partial charge in [-0.05, 0) is 22.9 Å². The average Bonchev–Trinajstić information content (AvgIpc) is 2.67. The zero-order chi connectivity index (χ0) is 12.6. The van der Waals surface area contributed by atoms with E-state index in [1.54, 1.807) is 9.36 Å². The molecule has 2 rings (SSSR count). The van der Waals surface area contributed by atoms with Gasteiger partial charge in [0.25, 0.3) is 0 Å². The minimum Gasteiger partial charge on any atom is -0.377 e. The van der Waals surface area contributed by atoms with E-state index in [1.807, 2.05) is 27.2 Å². The molecule has 0 saturated heterocycles. The first-order chi connectivity index (χ1) is 7.99. The lowest BCUT2D eigenvalue weighted by Gasteiger charge is -2.03. The quantitative estimate of drug-likeness (QED) is 0.946. The summed E-state index contributed by atoms with van der Waals surface area (Å²) in [4.78, 5) is 0. The van der Waals surface area contributed by atoms with Crippen LogP contribution in [0.3, 0.4) is 0 Å². The molecule has 1 N–H and O–H groups in total. The van der Waals surface area contributed by atoms with Gasteiger partial charge in [0.2, 0.25) is 0 Å². The lowest BCUT2D eigenvalue weighted by atomic mass is 10.2. The highest BCUT2D eigenvalue weighted by Crippen LogP contribution is 2.23. The second kappa shape index (κ2) is 4.70. The summed E-state index contributed by atoms with van der Waals surface area (Å²) >= 11 is 9.54. The van der Waals surface area contributed by atoms with Crippen LogP contribution in [0.25, 0.3) is 0 Å². The molecule has 2 aromatic heterocycles. The average molecular weight is 319 g/mol. The zero-order valence-electron chi connectivity index (χ0n) is 9.83. The molecule has 0 unspecified atom stereocenters. The van der Waals surface area contributed by atoms with Crippen molar-refractivity contribution in [3.05, 3.63) is 27.2 Å². The first-order valence-corrected chi connectivity index (χ1v) is 6.27. The van der Waals surface area contributed by atoms with Crippen molar-refractivity contribution < 1.29 is 0 Å². The van der Waals surface area contributed by atoms with Crippen molar-refractivity contribution in [3.8, 4) is 0 Å². The molecular weight excluding hydrogens is 306 g/mol. The number of nitrogens with zero attached hydrogens (tertiary/aromatic N) is 4. The molecule has 92 valence electrons. The molecule has 0 aromatic carbocycles. The van der Waals surface area contributed by atoms with Crippen molar-refractivity contribution in [1.29, 1.82) is 0 Å². The summed E-state index contributed by atoms with van der Waals surface area (Å²) in [6.07, 6.45) is 1.91. The molecule has 0 spiro atoms. The summed E-state index contributed by atoms with van der Waals surface area (Å²) in [6.45, 7) is 2.57. The molecule has 0 saturated carbocycles. The van der Waals surface area contributed by atoms with Gasteiger partial charge >= 0.3 is 0 Å². The van der Waals surface area contributed by atoms with E-state index in [4.69, 9.17) is 11.6 Å². The molecule has 0 aliphatic carbocycles. The van der Waals surface area contributed by atoms with E-state index < -0.39 is 0 Å². The number of aromatic nitrogens is 4. The third kappa shape index (κ3) is 2.47. The molecule has 17 heavy (non-hydrogen) atoms. The standard InChI is InChI=1S/C10H13BrClN5/c1-6-7(10(12)17(3)14-6)4-13-8-5-16(2)15-9(8)11/h5,13H,4H2,1-3H3. The fourth-order valence-electron chi connectivity index (χ4n) is 1.64. The molecule has 0 radical (unpaired) electrons. The monoisotopic (exact) mass is 317 g/mol. The molecule has 0 amide bonds. The van der Waals surface area contributed by atoms with Crippen LogP contribution in [0.5, 0.6) is 0 Å². The fourth-order valence-corrected chi connectivity index (χ4v) is 2.37. The minimum absolute atomic E-state index is 0.628. The summed E-state index contributed by atoms with van der Waals surface area (Å²) in [7, 11) is 3.71. The van der Waals surface area contributed by atoms with Gasteiger partial charge in [-0.2, -0.15) is 10.2 Å². The summed E-state index contributed by atoms with van der Waals surface area (Å²) in [6, 6.07) is 0. The maximum Gasteiger partial charge on any atom is 0.151 e. The van der Waals surface area contributed by atoms with Crippen LogP contribution < -0.4 is 5.32 Å². The minimum atomic E-state index is 0.628. The second-order valence-electron chi connectivity index (χ2n) is 3.84. The summed E-state index contributed by atoms with van der Waals surface area (Å²) in [5.74, 6) is 0. The van der Waals surface area contributed by atoms with E-state index in [9.17, 15) is 0 Å². The van der Waals surface area contributed by atoms with Crippen molar-refractivity contribution in [3.63, 3.8) is 0 Å². The van der Waals surface area contributed by atoms with E-state index >= 15 is 0 Å². The van der Waals surface area contributed by atoms with Crippen LogP contribution >= 0.6 is 27.5 Å². The smallest absolute Gasteiger partial charge is 0.151 e. The lowest BCUT2D eigenvalue weighted by molar-refractivity contribution is 0.757. The van der Waals surface area contributed by atoms with E-state index in [0.717, 1.165) is 21.5 Å². The van der Waals surface area contributed by atoms with E-state index in [2.05, 4.69) is 31.4 Å². The molecule has 0 aliphatic heterocycles. The largest absolute Gasteiger partial charge is 0.377 e. The maximum absolute atomic E-state index is 6.15. The number of rotatable bonds is 3. The topological polar surface area (TPSA) is 47.7 Å². The van der Waals surface area contributed by atoms with Crippen LogP contribution in [0, 0.1) is 6.92 Å². The molecule has 0 bridgehead atoms. The van der Waals surface area contributed by atoms with Crippen molar-refractivity contribution in [2.45, 2.75) is 13.5 Å². The van der Waals surface area contributed by atoms with Gasteiger partial charge in [-0.15, -0.1) is 0 Å². The summed E-state index contributed by atoms with van der Waals surface area (Å²) in [5, 5.41) is 12.4. The Balaban J connectivity index is 2.15. The Morgan fingerprint density at radius 1 is 1.41 bits per heavy atom. The molecule has 5 nitrogen and oxygen atoms in total. The Labute approximate surface area is 113 Å². The highest BCUT2D eigenvalue weighted by atomic mass is 79.9. The Kier molecular flexibility index (Phi) is 3.44. The lowest BCUT2D eigenvalue weighted by Crippen LogP contribution is -2.00. The zero-order valence-corrected chi connectivity index (χ0v) is 12.2. The van der Waals surface area contributed by atoms with Gasteiger partial charge in [-0.3, -0.25) is 9.36 Å². The molecule has 0 atom stereocenters. The van der Waals surface area contributed by atoms with Gasteiger partial charge in [0.15, 0.2) is 4.60 Å². The highest BCUT2D eigenvalue weighted by Gasteiger charge is 2.12. The molecule has 7 heteroatoms. The van der Waals surface area contributed by atoms with Crippen LogP contribution in [0.4, 0.5) is 5.69 Å². The van der Waals surface area contributed by atoms with Gasteiger partial charge in [-0.1, -0.05) is 11.6 Å². The van der Waals surface area contributed by atoms with Crippen molar-refractivity contribution in [2.75, 3.05) is 5.32 Å². The van der Waals surface area contributed by atoms with Gasteiger partial charge < -0.3 is 5.32 Å². The number of hydrogen-bond donors (Lipinski definition) is 1. The number of halogens is 2. The number of aryl methyl sites for hydroxylation is 3. The Hall–Kier alpha value is -1.01. The van der Waals surface area contributed by atoms with Crippen molar-refractivity contribution in [1.82, 2.24) is 19.6 Å². The summed E-state index contributed by atoms with van der Waals surface area (Å²) in [5.41, 5.74) is 2.88. The molecular formula is C10H13BrClN5. The van der Waals surface area contributed by atoms with Crippen LogP contribution in [0.15, 0.2) is 10.8 Å². The second-order valence-corrected chi connectivity index (χ2v) is 4.95. The third-order valence-corrected chi connectivity index (χ3v) is 3.57. The highest BCUT2D eigenvalue weighted by molar-refractivity contribution is 9.10. The Bertz CT molecular complexity index is 545. The van der Waals surface area contributed by atoms with Crippen LogP contribution in [0.2, 0.25) is 5.15 Å². The predicted molar refractivity (Wildman–Crippen MR) is 71.2 cm³/mol. The van der Waals surface area contributed by atoms with Gasteiger partial charge in [0.1, 0.15) is 5.15 Å². The van der Waals surface area contributed by atoms with Crippen molar-refractivity contribution in [2.24, 2.45) is 14.1 Å². The Morgan fingerprint density at radius 2 is 2.12 bits per heavy atom. The number of anilines is 1. The maximum atomic E-state index is 6.15. The van der Waals surface area contributed by atoms with Gasteiger partial charge in [0, 0.05) is 32.4 Å². The number of nitrogens with one attached hydrogen (secondary N) is 1. The first kappa shape index (κ1) is 12.4. The molecule has 2 aromatic rings. The molecule has 0 fully saturated rings. The predicted octanol–water partition coefficient (Wildman–Crippen LogP) is 2.49. The summed E-state index contributed by atoms with van der Waals surface area (Å²) < 4.78 is 4.20. The van der Waals surface area contributed by atoms with Crippen LogP contribution in [-0.2, 0) is 20.6 Å². The SMILES string of the molecule is Cc1nn(C)c(Cl)c1CNc1cn(C)nc1Br. The van der Waals surface area contributed by atoms with Gasteiger partial charge in [-0.25, -0.2) is 0 Å². The van der Waals surface area contributed by atoms with Crippen molar-refractivity contribution >= 4 is 33.2 Å². The van der Waals surface area contributed by atoms with Gasteiger partial charge in [0.05, 0.1) is 11.4 Å². The van der Waals surface area contributed by atoms with E-state index in [-0.39, 0.29) is 0 Å². The van der Waals surface area contributed by atoms with E-state index in [1.165, 1.54) is 0 Å². The van der Waals surface area contributed by atoms with Crippen LogP contribution in [0.1, 0.15) is 11.3 Å². The Morgan fingerprint density at radius 3 is 2.59 bits per heavy atom. The van der Waals surface area contributed by atoms with Crippen LogP contribution in [-0.4, -0.2) is 19.6 Å². The molecule has 0 aliphatic rings. The first-order valence-electron chi connectivity index (χ1n) is 5.10. The van der Waals surface area contributed by atoms with E-state index in [0.29, 0.717) is 11.7 Å². The number of hydrogen-bond acceptors (Lipinski definition) is 3. The third-order valence-electron chi connectivity index (χ3n) is 2.51. The fraction of sp³-hybridized carbons (Fsp3) is 0.400. The molecule has 2 heterocycles.